The fraction of sp³-hybridized carbons (Fsp3) is 0.364. The van der Waals surface area contributed by atoms with E-state index in [2.05, 4.69) is 4.72 Å². The molecule has 0 unspecified atom stereocenters. The van der Waals surface area contributed by atoms with Crippen LogP contribution >= 0.6 is 0 Å². The number of anilines is 1. The lowest BCUT2D eigenvalue weighted by Crippen LogP contribution is -2.42. The summed E-state index contributed by atoms with van der Waals surface area (Å²) >= 11 is 0. The predicted octanol–water partition coefficient (Wildman–Crippen LogP) is 0.198. The van der Waals surface area contributed by atoms with Crippen molar-refractivity contribution in [2.24, 2.45) is 11.1 Å². The van der Waals surface area contributed by atoms with E-state index in [4.69, 9.17) is 11.5 Å². The number of carbonyl (C=O) groups excluding carboxylic acids is 1. The molecule has 0 saturated carbocycles. The fourth-order valence-electron chi connectivity index (χ4n) is 1.20. The monoisotopic (exact) mass is 289 g/mol. The van der Waals surface area contributed by atoms with E-state index in [1.165, 1.54) is 13.8 Å². The SMILES string of the molecule is CC(C)(CNS(=O)(=O)c1ccc(F)cc1N)C(N)=O. The van der Waals surface area contributed by atoms with Gasteiger partial charge in [0.1, 0.15) is 10.7 Å². The molecule has 0 spiro atoms. The van der Waals surface area contributed by atoms with Crippen molar-refractivity contribution in [2.75, 3.05) is 12.3 Å². The Morgan fingerprint density at radius 3 is 2.47 bits per heavy atom. The van der Waals surface area contributed by atoms with Gasteiger partial charge < -0.3 is 11.5 Å². The third kappa shape index (κ3) is 3.65. The third-order valence-corrected chi connectivity index (χ3v) is 4.11. The Balaban J connectivity index is 2.97. The molecule has 6 nitrogen and oxygen atoms in total. The van der Waals surface area contributed by atoms with Gasteiger partial charge in [-0.15, -0.1) is 0 Å². The first-order chi connectivity index (χ1) is 8.56. The van der Waals surface area contributed by atoms with Crippen molar-refractivity contribution in [1.82, 2.24) is 4.72 Å². The van der Waals surface area contributed by atoms with E-state index in [0.29, 0.717) is 0 Å². The van der Waals surface area contributed by atoms with Crippen LogP contribution < -0.4 is 16.2 Å². The maximum atomic E-state index is 12.9. The van der Waals surface area contributed by atoms with Crippen molar-refractivity contribution >= 4 is 21.6 Å². The van der Waals surface area contributed by atoms with Gasteiger partial charge in [0.15, 0.2) is 0 Å². The van der Waals surface area contributed by atoms with E-state index in [1.54, 1.807) is 0 Å². The van der Waals surface area contributed by atoms with Crippen LogP contribution in [0.15, 0.2) is 23.1 Å². The van der Waals surface area contributed by atoms with Crippen LogP contribution in [0.4, 0.5) is 10.1 Å². The zero-order valence-corrected chi connectivity index (χ0v) is 11.4. The van der Waals surface area contributed by atoms with Crippen molar-refractivity contribution in [2.45, 2.75) is 18.7 Å². The summed E-state index contributed by atoms with van der Waals surface area (Å²) in [6.07, 6.45) is 0. The number of carbonyl (C=O) groups is 1. The Kier molecular flexibility index (Phi) is 4.16. The number of rotatable bonds is 5. The Morgan fingerprint density at radius 1 is 1.42 bits per heavy atom. The molecule has 1 rings (SSSR count). The van der Waals surface area contributed by atoms with Crippen LogP contribution in [0, 0.1) is 11.2 Å². The molecule has 0 radical (unpaired) electrons. The Morgan fingerprint density at radius 2 is 2.00 bits per heavy atom. The second kappa shape index (κ2) is 5.14. The van der Waals surface area contributed by atoms with Crippen molar-refractivity contribution in [3.05, 3.63) is 24.0 Å². The minimum Gasteiger partial charge on any atom is -0.398 e. The van der Waals surface area contributed by atoms with Gasteiger partial charge in [-0.25, -0.2) is 17.5 Å². The minimum atomic E-state index is -3.92. The zero-order chi connectivity index (χ0) is 14.8. The summed E-state index contributed by atoms with van der Waals surface area (Å²) in [5.41, 5.74) is 9.35. The fourth-order valence-corrected chi connectivity index (χ4v) is 2.53. The van der Waals surface area contributed by atoms with Gasteiger partial charge in [-0.2, -0.15) is 0 Å². The van der Waals surface area contributed by atoms with Crippen molar-refractivity contribution in [1.29, 1.82) is 0 Å². The number of hydrogen-bond donors (Lipinski definition) is 3. The number of halogens is 1. The van der Waals surface area contributed by atoms with E-state index >= 15 is 0 Å². The quantitative estimate of drug-likeness (QED) is 0.671. The van der Waals surface area contributed by atoms with Crippen molar-refractivity contribution in [3.8, 4) is 0 Å². The molecule has 8 heteroatoms. The summed E-state index contributed by atoms with van der Waals surface area (Å²) in [5, 5.41) is 0. The molecule has 0 heterocycles. The molecule has 1 aromatic rings. The van der Waals surface area contributed by atoms with Crippen LogP contribution in [0.2, 0.25) is 0 Å². The van der Waals surface area contributed by atoms with Gasteiger partial charge >= 0.3 is 0 Å². The van der Waals surface area contributed by atoms with E-state index in [-0.39, 0.29) is 17.1 Å². The summed E-state index contributed by atoms with van der Waals surface area (Å²) < 4.78 is 39.0. The molecule has 0 aliphatic carbocycles. The smallest absolute Gasteiger partial charge is 0.242 e. The molecule has 19 heavy (non-hydrogen) atoms. The number of amides is 1. The van der Waals surface area contributed by atoms with Gasteiger partial charge in [-0.05, 0) is 32.0 Å². The average molecular weight is 289 g/mol. The van der Waals surface area contributed by atoms with E-state index < -0.39 is 27.2 Å². The number of hydrogen-bond acceptors (Lipinski definition) is 4. The highest BCUT2D eigenvalue weighted by molar-refractivity contribution is 7.89. The number of nitrogens with two attached hydrogens (primary N) is 2. The van der Waals surface area contributed by atoms with Gasteiger partial charge in [0.05, 0.1) is 11.1 Å². The highest BCUT2D eigenvalue weighted by Crippen LogP contribution is 2.20. The lowest BCUT2D eigenvalue weighted by atomic mass is 9.93. The highest BCUT2D eigenvalue weighted by atomic mass is 32.2. The number of sulfonamides is 1. The number of nitrogen functional groups attached to an aromatic ring is 1. The molecule has 1 amide bonds. The first-order valence-electron chi connectivity index (χ1n) is 5.41. The Bertz CT molecular complexity index is 599. The largest absolute Gasteiger partial charge is 0.398 e. The summed E-state index contributed by atoms with van der Waals surface area (Å²) in [5.74, 6) is -1.27. The minimum absolute atomic E-state index is 0.179. The molecule has 0 aliphatic heterocycles. The summed E-state index contributed by atoms with van der Waals surface area (Å²) in [6, 6.07) is 2.96. The maximum Gasteiger partial charge on any atom is 0.242 e. The molecule has 1 aromatic carbocycles. The second-order valence-electron chi connectivity index (χ2n) is 4.75. The maximum absolute atomic E-state index is 12.9. The summed E-state index contributed by atoms with van der Waals surface area (Å²) in [7, 11) is -3.92. The molecule has 0 aliphatic rings. The molecule has 0 fully saturated rings. The third-order valence-electron chi connectivity index (χ3n) is 2.63. The standard InChI is InChI=1S/C11H16FN3O3S/c1-11(2,10(14)16)6-15-19(17,18)9-4-3-7(12)5-8(9)13/h3-5,15H,6,13H2,1-2H3,(H2,14,16). The lowest BCUT2D eigenvalue weighted by Gasteiger charge is -2.21. The molecule has 0 atom stereocenters. The van der Waals surface area contributed by atoms with Gasteiger partial charge in [0, 0.05) is 6.54 Å². The van der Waals surface area contributed by atoms with Gasteiger partial charge in [-0.1, -0.05) is 0 Å². The van der Waals surface area contributed by atoms with Gasteiger partial charge in [0.2, 0.25) is 15.9 Å². The topological polar surface area (TPSA) is 115 Å². The average Bonchev–Trinajstić information content (AvgIpc) is 2.26. The van der Waals surface area contributed by atoms with Crippen LogP contribution in [0.5, 0.6) is 0 Å². The van der Waals surface area contributed by atoms with E-state index in [9.17, 15) is 17.6 Å². The predicted molar refractivity (Wildman–Crippen MR) is 69.0 cm³/mol. The van der Waals surface area contributed by atoms with Crippen molar-refractivity contribution in [3.63, 3.8) is 0 Å². The highest BCUT2D eigenvalue weighted by Gasteiger charge is 2.28. The molecule has 106 valence electrons. The molecule has 5 N–H and O–H groups in total. The van der Waals surface area contributed by atoms with E-state index in [1.807, 2.05) is 0 Å². The van der Waals surface area contributed by atoms with Crippen LogP contribution in [0.1, 0.15) is 13.8 Å². The molecular weight excluding hydrogens is 273 g/mol. The molecule has 0 bridgehead atoms. The lowest BCUT2D eigenvalue weighted by molar-refractivity contribution is -0.125. The van der Waals surface area contributed by atoms with Crippen LogP contribution in [-0.4, -0.2) is 20.9 Å². The first-order valence-corrected chi connectivity index (χ1v) is 6.89. The number of primary amides is 1. The molecule has 0 saturated heterocycles. The number of nitrogens with one attached hydrogen (secondary N) is 1. The zero-order valence-electron chi connectivity index (χ0n) is 10.6. The van der Waals surface area contributed by atoms with Gasteiger partial charge in [-0.3, -0.25) is 4.79 Å². The summed E-state index contributed by atoms with van der Waals surface area (Å²) in [6.45, 7) is 2.83. The Labute approximate surface area is 111 Å². The molecule has 0 aromatic heterocycles. The Hall–Kier alpha value is -1.67. The van der Waals surface area contributed by atoms with Crippen LogP contribution in [0.3, 0.4) is 0 Å². The molecular formula is C11H16FN3O3S. The summed E-state index contributed by atoms with van der Waals surface area (Å²) in [4.78, 5) is 10.9. The van der Waals surface area contributed by atoms with E-state index in [0.717, 1.165) is 18.2 Å². The van der Waals surface area contributed by atoms with Crippen LogP contribution in [0.25, 0.3) is 0 Å². The second-order valence-corrected chi connectivity index (χ2v) is 6.49. The normalized spacial score (nSPS) is 12.4. The van der Waals surface area contributed by atoms with Gasteiger partial charge in [0.25, 0.3) is 0 Å². The van der Waals surface area contributed by atoms with Crippen LogP contribution in [-0.2, 0) is 14.8 Å². The number of benzene rings is 1. The first kappa shape index (κ1) is 15.4. The van der Waals surface area contributed by atoms with Crippen molar-refractivity contribution < 1.29 is 17.6 Å².